The third kappa shape index (κ3) is 4.33. The molecule has 0 aliphatic rings. The average Bonchev–Trinajstić information content (AvgIpc) is 2.14. The van der Waals surface area contributed by atoms with Gasteiger partial charge in [0, 0.05) is 10.5 Å². The van der Waals surface area contributed by atoms with Crippen molar-refractivity contribution >= 4 is 28.3 Å². The first-order valence-electron chi connectivity index (χ1n) is 4.46. The molecule has 1 rings (SSSR count). The van der Waals surface area contributed by atoms with Crippen LogP contribution in [0, 0.1) is 5.82 Å². The van der Waals surface area contributed by atoms with Gasteiger partial charge in [-0.05, 0) is 30.5 Å². The van der Waals surface area contributed by atoms with Crippen LogP contribution < -0.4 is 5.73 Å². The van der Waals surface area contributed by atoms with E-state index < -0.39 is 0 Å². The highest BCUT2D eigenvalue weighted by Gasteiger charge is 2.09. The highest BCUT2D eigenvalue weighted by atomic mass is 79.9. The number of halogens is 3. The highest BCUT2D eigenvalue weighted by molar-refractivity contribution is 9.10. The van der Waals surface area contributed by atoms with Crippen molar-refractivity contribution in [3.63, 3.8) is 0 Å². The van der Waals surface area contributed by atoms with Crippen molar-refractivity contribution in [2.24, 2.45) is 5.73 Å². The van der Waals surface area contributed by atoms with Gasteiger partial charge >= 0.3 is 0 Å². The number of allylic oxidation sites excluding steroid dienone is 1. The lowest BCUT2D eigenvalue weighted by molar-refractivity contribution is 0.618. The summed E-state index contributed by atoms with van der Waals surface area (Å²) in [6, 6.07) is 4.51. The molecule has 0 saturated carbocycles. The van der Waals surface area contributed by atoms with Crippen LogP contribution in [0.1, 0.15) is 24.4 Å². The molecule has 84 valence electrons. The average molecular weight is 295 g/mol. The van der Waals surface area contributed by atoms with E-state index in [1.54, 1.807) is 6.07 Å². The Bertz CT molecular complexity index is 330. The van der Waals surface area contributed by atoms with Crippen molar-refractivity contribution in [3.8, 4) is 0 Å². The molecular formula is C11H14BrClFN. The molecule has 0 aromatic heterocycles. The Kier molecular flexibility index (Phi) is 6.81. The molecule has 0 spiro atoms. The van der Waals surface area contributed by atoms with Gasteiger partial charge in [-0.2, -0.15) is 0 Å². The largest absolute Gasteiger partial charge is 0.324 e. The standard InChI is InChI=1S/C11H13BrFN.ClH/c1-2-3-4-11(14)9-6-5-8(13)7-10(9)12;/h2,5-7,11H,1,3-4,14H2;1H/t11-;/m0./s1. The summed E-state index contributed by atoms with van der Waals surface area (Å²) in [7, 11) is 0. The van der Waals surface area contributed by atoms with Crippen LogP contribution >= 0.6 is 28.3 Å². The van der Waals surface area contributed by atoms with Crippen LogP contribution in [-0.2, 0) is 0 Å². The third-order valence-electron chi connectivity index (χ3n) is 2.04. The van der Waals surface area contributed by atoms with Gasteiger partial charge in [0.2, 0.25) is 0 Å². The molecule has 0 aliphatic carbocycles. The minimum absolute atomic E-state index is 0. The summed E-state index contributed by atoms with van der Waals surface area (Å²) in [5, 5.41) is 0. The quantitative estimate of drug-likeness (QED) is 0.835. The topological polar surface area (TPSA) is 26.0 Å². The van der Waals surface area contributed by atoms with E-state index in [2.05, 4.69) is 22.5 Å². The van der Waals surface area contributed by atoms with Gasteiger partial charge in [-0.25, -0.2) is 4.39 Å². The summed E-state index contributed by atoms with van der Waals surface area (Å²) in [6.07, 6.45) is 3.52. The number of hydrogen-bond acceptors (Lipinski definition) is 1. The molecule has 1 aromatic rings. The second kappa shape index (κ2) is 6.99. The van der Waals surface area contributed by atoms with Crippen LogP contribution in [-0.4, -0.2) is 0 Å². The molecule has 0 bridgehead atoms. The Morgan fingerprint density at radius 2 is 2.20 bits per heavy atom. The van der Waals surface area contributed by atoms with E-state index >= 15 is 0 Å². The first-order valence-corrected chi connectivity index (χ1v) is 5.26. The van der Waals surface area contributed by atoms with Gasteiger partial charge in [-0.15, -0.1) is 19.0 Å². The van der Waals surface area contributed by atoms with Crippen molar-refractivity contribution in [3.05, 3.63) is 46.7 Å². The van der Waals surface area contributed by atoms with E-state index in [1.807, 2.05) is 6.08 Å². The van der Waals surface area contributed by atoms with Gasteiger partial charge in [0.15, 0.2) is 0 Å². The zero-order valence-corrected chi connectivity index (χ0v) is 10.7. The third-order valence-corrected chi connectivity index (χ3v) is 2.73. The van der Waals surface area contributed by atoms with Crippen LogP contribution in [0.25, 0.3) is 0 Å². The van der Waals surface area contributed by atoms with Crippen molar-refractivity contribution < 1.29 is 4.39 Å². The summed E-state index contributed by atoms with van der Waals surface area (Å²) >= 11 is 3.29. The van der Waals surface area contributed by atoms with Gasteiger partial charge in [-0.1, -0.05) is 28.1 Å². The molecule has 1 atom stereocenters. The molecule has 0 amide bonds. The summed E-state index contributed by atoms with van der Waals surface area (Å²) in [5.41, 5.74) is 6.87. The van der Waals surface area contributed by atoms with Crippen LogP contribution in [0.3, 0.4) is 0 Å². The molecule has 0 fully saturated rings. The summed E-state index contributed by atoms with van der Waals surface area (Å²) in [6.45, 7) is 3.64. The van der Waals surface area contributed by atoms with Crippen molar-refractivity contribution in [1.29, 1.82) is 0 Å². The maximum atomic E-state index is 12.8. The van der Waals surface area contributed by atoms with Gasteiger partial charge in [0.25, 0.3) is 0 Å². The first-order chi connectivity index (χ1) is 6.65. The summed E-state index contributed by atoms with van der Waals surface area (Å²) < 4.78 is 13.5. The lowest BCUT2D eigenvalue weighted by Crippen LogP contribution is -2.10. The Morgan fingerprint density at radius 3 is 2.73 bits per heavy atom. The second-order valence-electron chi connectivity index (χ2n) is 3.14. The second-order valence-corrected chi connectivity index (χ2v) is 3.99. The molecular weight excluding hydrogens is 280 g/mol. The molecule has 0 unspecified atom stereocenters. The van der Waals surface area contributed by atoms with Crippen molar-refractivity contribution in [1.82, 2.24) is 0 Å². The van der Waals surface area contributed by atoms with Gasteiger partial charge < -0.3 is 5.73 Å². The fourth-order valence-corrected chi connectivity index (χ4v) is 1.90. The lowest BCUT2D eigenvalue weighted by Gasteiger charge is -2.12. The van der Waals surface area contributed by atoms with E-state index in [0.717, 1.165) is 22.9 Å². The van der Waals surface area contributed by atoms with Crippen LogP contribution in [0.15, 0.2) is 35.3 Å². The van der Waals surface area contributed by atoms with Gasteiger partial charge in [-0.3, -0.25) is 0 Å². The molecule has 4 heteroatoms. The molecule has 0 saturated heterocycles. The number of hydrogen-bond donors (Lipinski definition) is 1. The zero-order valence-electron chi connectivity index (χ0n) is 8.25. The number of rotatable bonds is 4. The Morgan fingerprint density at radius 1 is 1.53 bits per heavy atom. The fourth-order valence-electron chi connectivity index (χ4n) is 1.26. The van der Waals surface area contributed by atoms with E-state index in [1.165, 1.54) is 12.1 Å². The molecule has 15 heavy (non-hydrogen) atoms. The summed E-state index contributed by atoms with van der Waals surface area (Å²) in [5.74, 6) is -0.253. The zero-order chi connectivity index (χ0) is 10.6. The van der Waals surface area contributed by atoms with Gasteiger partial charge in [0.05, 0.1) is 0 Å². The normalized spacial score (nSPS) is 11.7. The lowest BCUT2D eigenvalue weighted by atomic mass is 10.0. The molecule has 1 aromatic carbocycles. The predicted octanol–water partition coefficient (Wildman–Crippen LogP) is 3.98. The predicted molar refractivity (Wildman–Crippen MR) is 67.7 cm³/mol. The van der Waals surface area contributed by atoms with Crippen molar-refractivity contribution in [2.45, 2.75) is 18.9 Å². The van der Waals surface area contributed by atoms with Crippen LogP contribution in [0.4, 0.5) is 4.39 Å². The fraction of sp³-hybridized carbons (Fsp3) is 0.273. The molecule has 1 nitrogen and oxygen atoms in total. The maximum Gasteiger partial charge on any atom is 0.124 e. The Hall–Kier alpha value is -0.380. The van der Waals surface area contributed by atoms with Crippen LogP contribution in [0.5, 0.6) is 0 Å². The smallest absolute Gasteiger partial charge is 0.124 e. The first kappa shape index (κ1) is 14.6. The maximum absolute atomic E-state index is 12.8. The van der Waals surface area contributed by atoms with E-state index in [-0.39, 0.29) is 24.3 Å². The van der Waals surface area contributed by atoms with Gasteiger partial charge in [0.1, 0.15) is 5.82 Å². The van der Waals surface area contributed by atoms with Crippen LogP contribution in [0.2, 0.25) is 0 Å². The summed E-state index contributed by atoms with van der Waals surface area (Å²) in [4.78, 5) is 0. The number of nitrogens with two attached hydrogens (primary N) is 1. The van der Waals surface area contributed by atoms with E-state index in [9.17, 15) is 4.39 Å². The molecule has 0 radical (unpaired) electrons. The highest BCUT2D eigenvalue weighted by Crippen LogP contribution is 2.25. The molecule has 2 N–H and O–H groups in total. The van der Waals surface area contributed by atoms with Crippen molar-refractivity contribution in [2.75, 3.05) is 0 Å². The Balaban J connectivity index is 0.00000196. The number of benzene rings is 1. The SMILES string of the molecule is C=CCC[C@H](N)c1ccc(F)cc1Br.Cl. The Labute approximate surface area is 104 Å². The monoisotopic (exact) mass is 293 g/mol. The minimum Gasteiger partial charge on any atom is -0.324 e. The molecule has 0 aliphatic heterocycles. The molecule has 0 heterocycles. The van der Waals surface area contributed by atoms with E-state index in [0.29, 0.717) is 0 Å². The minimum atomic E-state index is -0.253. The van der Waals surface area contributed by atoms with E-state index in [4.69, 9.17) is 5.73 Å².